The largest absolute Gasteiger partial charge is 0.315 e. The van der Waals surface area contributed by atoms with Crippen molar-refractivity contribution in [1.82, 2.24) is 4.57 Å². The van der Waals surface area contributed by atoms with Crippen LogP contribution in [0.5, 0.6) is 0 Å². The second kappa shape index (κ2) is 5.73. The Morgan fingerprint density at radius 2 is 1.83 bits per heavy atom. The lowest BCUT2D eigenvalue weighted by molar-refractivity contribution is 0.626. The van der Waals surface area contributed by atoms with Crippen molar-refractivity contribution in [2.75, 3.05) is 5.75 Å². The SMILES string of the molecule is O=c1ccccn1CCS(=O)c1ccc(F)cc1. The van der Waals surface area contributed by atoms with Gasteiger partial charge in [0.1, 0.15) is 5.82 Å². The third-order valence-corrected chi connectivity index (χ3v) is 3.84. The van der Waals surface area contributed by atoms with E-state index in [1.165, 1.54) is 34.9 Å². The highest BCUT2D eigenvalue weighted by Gasteiger charge is 2.04. The fourth-order valence-electron chi connectivity index (χ4n) is 1.53. The van der Waals surface area contributed by atoms with Crippen molar-refractivity contribution in [3.8, 4) is 0 Å². The zero-order valence-electron chi connectivity index (χ0n) is 9.58. The summed E-state index contributed by atoms with van der Waals surface area (Å²) < 4.78 is 26.1. The van der Waals surface area contributed by atoms with Crippen molar-refractivity contribution < 1.29 is 8.60 Å². The van der Waals surface area contributed by atoms with E-state index in [-0.39, 0.29) is 11.4 Å². The van der Waals surface area contributed by atoms with Crippen LogP contribution >= 0.6 is 0 Å². The summed E-state index contributed by atoms with van der Waals surface area (Å²) in [4.78, 5) is 12.0. The van der Waals surface area contributed by atoms with Gasteiger partial charge in [0, 0.05) is 29.5 Å². The Bertz CT molecular complexity index is 607. The highest BCUT2D eigenvalue weighted by atomic mass is 32.2. The molecule has 3 nitrogen and oxygen atoms in total. The van der Waals surface area contributed by atoms with E-state index in [0.717, 1.165) is 0 Å². The Morgan fingerprint density at radius 3 is 2.50 bits per heavy atom. The summed E-state index contributed by atoms with van der Waals surface area (Å²) in [6.07, 6.45) is 1.66. The molecule has 0 fully saturated rings. The number of hydrogen-bond acceptors (Lipinski definition) is 2. The topological polar surface area (TPSA) is 39.1 Å². The van der Waals surface area contributed by atoms with Crippen LogP contribution in [0.15, 0.2) is 58.4 Å². The summed E-state index contributed by atoms with van der Waals surface area (Å²) in [5.74, 6) is -0.0229. The summed E-state index contributed by atoms with van der Waals surface area (Å²) in [5, 5.41) is 0. The van der Waals surface area contributed by atoms with Crippen molar-refractivity contribution in [1.29, 1.82) is 0 Å². The number of pyridine rings is 1. The molecule has 5 heteroatoms. The maximum Gasteiger partial charge on any atom is 0.250 e. The zero-order chi connectivity index (χ0) is 13.0. The molecule has 0 radical (unpaired) electrons. The molecule has 1 unspecified atom stereocenters. The Hall–Kier alpha value is -1.75. The maximum atomic E-state index is 12.7. The third kappa shape index (κ3) is 3.13. The quantitative estimate of drug-likeness (QED) is 0.845. The molecule has 1 aromatic heterocycles. The molecule has 0 bridgehead atoms. The lowest BCUT2D eigenvalue weighted by Crippen LogP contribution is -2.20. The van der Waals surface area contributed by atoms with Crippen LogP contribution in [0.4, 0.5) is 4.39 Å². The molecular weight excluding hydrogens is 253 g/mol. The molecule has 0 aliphatic heterocycles. The summed E-state index contributed by atoms with van der Waals surface area (Å²) in [6.45, 7) is 0.379. The highest BCUT2D eigenvalue weighted by Crippen LogP contribution is 2.08. The number of aromatic nitrogens is 1. The van der Waals surface area contributed by atoms with Crippen LogP contribution < -0.4 is 5.56 Å². The standard InChI is InChI=1S/C13H12FNO2S/c14-11-4-6-12(7-5-11)18(17)10-9-15-8-2-1-3-13(15)16/h1-8H,9-10H2. The predicted octanol–water partition coefficient (Wildman–Crippen LogP) is 1.80. The minimum Gasteiger partial charge on any atom is -0.315 e. The van der Waals surface area contributed by atoms with Crippen molar-refractivity contribution in [2.24, 2.45) is 0 Å². The average molecular weight is 265 g/mol. The lowest BCUT2D eigenvalue weighted by Gasteiger charge is -2.05. The zero-order valence-corrected chi connectivity index (χ0v) is 10.4. The smallest absolute Gasteiger partial charge is 0.250 e. The highest BCUT2D eigenvalue weighted by molar-refractivity contribution is 7.85. The van der Waals surface area contributed by atoms with E-state index in [0.29, 0.717) is 17.2 Å². The van der Waals surface area contributed by atoms with Gasteiger partial charge in [0.15, 0.2) is 0 Å². The average Bonchev–Trinajstić information content (AvgIpc) is 2.38. The normalized spacial score (nSPS) is 12.3. The Labute approximate surface area is 106 Å². The van der Waals surface area contributed by atoms with Crippen LogP contribution in [0.2, 0.25) is 0 Å². The van der Waals surface area contributed by atoms with Gasteiger partial charge in [0.2, 0.25) is 0 Å². The van der Waals surface area contributed by atoms with Crippen LogP contribution in [0, 0.1) is 5.82 Å². The van der Waals surface area contributed by atoms with Crippen molar-refractivity contribution in [3.63, 3.8) is 0 Å². The first-order valence-electron chi connectivity index (χ1n) is 5.46. The predicted molar refractivity (Wildman–Crippen MR) is 68.4 cm³/mol. The molecule has 0 aliphatic rings. The van der Waals surface area contributed by atoms with Gasteiger partial charge in [-0.3, -0.25) is 9.00 Å². The van der Waals surface area contributed by atoms with Gasteiger partial charge in [-0.1, -0.05) is 6.07 Å². The van der Waals surface area contributed by atoms with Crippen molar-refractivity contribution in [2.45, 2.75) is 11.4 Å². The van der Waals surface area contributed by atoms with Gasteiger partial charge < -0.3 is 4.57 Å². The summed E-state index contributed by atoms with van der Waals surface area (Å²) in [5.41, 5.74) is -0.117. The van der Waals surface area contributed by atoms with Gasteiger partial charge in [0.25, 0.3) is 5.56 Å². The van der Waals surface area contributed by atoms with Crippen molar-refractivity contribution in [3.05, 3.63) is 64.8 Å². The van der Waals surface area contributed by atoms with E-state index in [1.54, 1.807) is 18.3 Å². The van der Waals surface area contributed by atoms with Gasteiger partial charge in [-0.2, -0.15) is 0 Å². The number of rotatable bonds is 4. The summed E-state index contributed by atoms with van der Waals surface area (Å²) in [6, 6.07) is 10.4. The fourth-order valence-corrected chi connectivity index (χ4v) is 2.57. The van der Waals surface area contributed by atoms with Gasteiger partial charge in [0.05, 0.1) is 10.8 Å². The maximum absolute atomic E-state index is 12.7. The van der Waals surface area contributed by atoms with Crippen LogP contribution in [0.25, 0.3) is 0 Å². The van der Waals surface area contributed by atoms with Gasteiger partial charge in [-0.15, -0.1) is 0 Å². The van der Waals surface area contributed by atoms with Crippen LogP contribution in [0.1, 0.15) is 0 Å². The third-order valence-electron chi connectivity index (χ3n) is 2.49. The molecule has 0 saturated carbocycles. The molecule has 1 aromatic carbocycles. The van der Waals surface area contributed by atoms with Gasteiger partial charge in [-0.05, 0) is 30.3 Å². The van der Waals surface area contributed by atoms with E-state index in [9.17, 15) is 13.4 Å². The first-order valence-corrected chi connectivity index (χ1v) is 6.78. The van der Waals surface area contributed by atoms with Gasteiger partial charge in [-0.25, -0.2) is 4.39 Å². The number of halogens is 1. The molecule has 94 valence electrons. The monoisotopic (exact) mass is 265 g/mol. The molecule has 0 amide bonds. The second-order valence-electron chi connectivity index (χ2n) is 3.74. The molecule has 2 rings (SSSR count). The molecule has 0 saturated heterocycles. The minimum atomic E-state index is -1.23. The van der Waals surface area contributed by atoms with E-state index >= 15 is 0 Å². The van der Waals surface area contributed by atoms with E-state index in [2.05, 4.69) is 0 Å². The summed E-state index contributed by atoms with van der Waals surface area (Å²) >= 11 is 0. The molecule has 2 aromatic rings. The number of hydrogen-bond donors (Lipinski definition) is 0. The molecule has 0 N–H and O–H groups in total. The van der Waals surface area contributed by atoms with E-state index in [4.69, 9.17) is 0 Å². The molecule has 0 aliphatic carbocycles. The first kappa shape index (κ1) is 12.7. The van der Waals surface area contributed by atoms with Crippen LogP contribution in [-0.4, -0.2) is 14.5 Å². The Morgan fingerprint density at radius 1 is 1.11 bits per heavy atom. The Balaban J connectivity index is 2.03. The molecule has 18 heavy (non-hydrogen) atoms. The van der Waals surface area contributed by atoms with Crippen LogP contribution in [0.3, 0.4) is 0 Å². The summed E-state index contributed by atoms with van der Waals surface area (Å²) in [7, 11) is -1.23. The molecule has 1 atom stereocenters. The number of benzene rings is 1. The van der Waals surface area contributed by atoms with Gasteiger partial charge >= 0.3 is 0 Å². The second-order valence-corrected chi connectivity index (χ2v) is 5.31. The van der Waals surface area contributed by atoms with Crippen LogP contribution in [-0.2, 0) is 17.3 Å². The molecule has 0 spiro atoms. The Kier molecular flexibility index (Phi) is 4.04. The van der Waals surface area contributed by atoms with Crippen molar-refractivity contribution >= 4 is 10.8 Å². The number of nitrogens with zero attached hydrogens (tertiary/aromatic N) is 1. The molecule has 1 heterocycles. The van der Waals surface area contributed by atoms with E-state index < -0.39 is 10.8 Å². The fraction of sp³-hybridized carbons (Fsp3) is 0.154. The number of aryl methyl sites for hydroxylation is 1. The minimum absolute atomic E-state index is 0.117. The molecular formula is C13H12FNO2S. The van der Waals surface area contributed by atoms with E-state index in [1.807, 2.05) is 0 Å². The lowest BCUT2D eigenvalue weighted by atomic mass is 10.4. The first-order chi connectivity index (χ1) is 8.66.